The minimum Gasteiger partial charge on any atom is -0.310 e. The molecule has 1 aliphatic heterocycles. The quantitative estimate of drug-likeness (QED) is 0.322. The maximum Gasteiger partial charge on any atom is 0.323 e. The van der Waals surface area contributed by atoms with Crippen LogP contribution in [-0.4, -0.2) is 15.5 Å². The molecule has 2 aromatic carbocycles. The normalized spacial score (nSPS) is 16.8. The number of urea groups is 1. The summed E-state index contributed by atoms with van der Waals surface area (Å²) in [4.78, 5) is 16.7. The highest BCUT2D eigenvalue weighted by atomic mass is 32.1. The minimum atomic E-state index is -0.854. The molecule has 3 heterocycles. The molecule has 35 heavy (non-hydrogen) atoms. The monoisotopic (exact) mass is 493 g/mol. The van der Waals surface area contributed by atoms with E-state index in [1.165, 1.54) is 28.6 Å². The average molecular weight is 494 g/mol. The van der Waals surface area contributed by atoms with Gasteiger partial charge in [-0.15, -0.1) is 11.3 Å². The third-order valence-electron chi connectivity index (χ3n) is 6.78. The Morgan fingerprint density at radius 2 is 1.77 bits per heavy atom. The number of hydrogen-bond acceptors (Lipinski definition) is 2. The number of fused-ring (bicyclic) bond motifs is 5. The van der Waals surface area contributed by atoms with E-state index in [1.54, 1.807) is 28.4 Å². The number of halogens is 3. The number of carbonyl (C=O) groups is 1. The first-order chi connectivity index (χ1) is 17.0. The maximum absolute atomic E-state index is 14.4. The highest BCUT2D eigenvalue weighted by molar-refractivity contribution is 7.15. The van der Waals surface area contributed by atoms with Crippen molar-refractivity contribution in [2.75, 3.05) is 5.32 Å². The molecule has 0 spiro atoms. The van der Waals surface area contributed by atoms with Gasteiger partial charge in [-0.3, -0.25) is 0 Å². The molecule has 0 fully saturated rings. The number of hydrogen-bond donors (Lipinski definition) is 1. The van der Waals surface area contributed by atoms with Crippen molar-refractivity contribution in [3.63, 3.8) is 0 Å². The number of amides is 2. The molecule has 0 bridgehead atoms. The van der Waals surface area contributed by atoms with E-state index in [0.29, 0.717) is 12.1 Å². The minimum absolute atomic E-state index is 0.110. The lowest BCUT2D eigenvalue weighted by Gasteiger charge is -2.31. The zero-order chi connectivity index (χ0) is 24.1. The number of aryl methyl sites for hydroxylation is 1. The summed E-state index contributed by atoms with van der Waals surface area (Å²) in [6, 6.07) is 12.0. The fourth-order valence-electron chi connectivity index (χ4n) is 5.19. The summed E-state index contributed by atoms with van der Waals surface area (Å²) in [5.74, 6) is -1.98. The number of carbonyl (C=O) groups excluding carboxylic acids is 1. The van der Waals surface area contributed by atoms with Crippen LogP contribution in [0.4, 0.5) is 23.7 Å². The van der Waals surface area contributed by atoms with Crippen LogP contribution in [0.2, 0.25) is 0 Å². The molecule has 1 N–H and O–H groups in total. The van der Waals surface area contributed by atoms with E-state index in [0.717, 1.165) is 54.1 Å². The Bertz CT molecular complexity index is 1440. The van der Waals surface area contributed by atoms with E-state index in [-0.39, 0.29) is 5.69 Å². The van der Waals surface area contributed by atoms with Gasteiger partial charge in [0.2, 0.25) is 0 Å². The van der Waals surface area contributed by atoms with Gasteiger partial charge in [0.1, 0.15) is 22.5 Å². The number of aromatic nitrogens is 1. The van der Waals surface area contributed by atoms with Crippen molar-refractivity contribution >= 4 is 23.1 Å². The molecule has 1 aliphatic carbocycles. The molecule has 0 saturated heterocycles. The molecule has 4 nitrogen and oxygen atoms in total. The second-order valence-corrected chi connectivity index (χ2v) is 10.0. The summed E-state index contributed by atoms with van der Waals surface area (Å²) in [6.07, 6.45) is 6.18. The van der Waals surface area contributed by atoms with Crippen LogP contribution in [0.15, 0.2) is 60.8 Å². The van der Waals surface area contributed by atoms with Gasteiger partial charge >= 0.3 is 6.03 Å². The predicted octanol–water partition coefficient (Wildman–Crippen LogP) is 6.97. The number of nitrogens with zero attached hydrogens (tertiary/aromatic N) is 2. The first-order valence-electron chi connectivity index (χ1n) is 11.6. The lowest BCUT2D eigenvalue weighted by atomic mass is 9.95. The zero-order valence-corrected chi connectivity index (χ0v) is 19.5. The first kappa shape index (κ1) is 22.0. The standard InChI is InChI=1S/C27H22F3N3OS/c28-17-6-3-5-16(13-17)25-23-8-4-12-32(23)26-20(19-7-1-2-9-24(19)35-26)15-33(25)27(34)31-22-11-10-18(29)14-21(22)30/h3-6,8,10-14,25H,1-2,7,9,15H2,(H,31,34). The van der Waals surface area contributed by atoms with Gasteiger partial charge in [0, 0.05) is 22.7 Å². The first-order valence-corrected chi connectivity index (χ1v) is 12.4. The van der Waals surface area contributed by atoms with Crippen molar-refractivity contribution in [2.24, 2.45) is 0 Å². The second kappa shape index (κ2) is 8.61. The van der Waals surface area contributed by atoms with Gasteiger partial charge in [-0.1, -0.05) is 12.1 Å². The van der Waals surface area contributed by atoms with Crippen LogP contribution in [0.5, 0.6) is 0 Å². The van der Waals surface area contributed by atoms with Crippen LogP contribution in [0.25, 0.3) is 5.00 Å². The Hall–Kier alpha value is -3.52. The average Bonchev–Trinajstić information content (AvgIpc) is 3.42. The molecule has 0 saturated carbocycles. The highest BCUT2D eigenvalue weighted by Gasteiger charge is 2.36. The molecule has 178 valence electrons. The van der Waals surface area contributed by atoms with E-state index in [1.807, 2.05) is 18.3 Å². The van der Waals surface area contributed by atoms with Crippen molar-refractivity contribution in [1.29, 1.82) is 0 Å². The van der Waals surface area contributed by atoms with Gasteiger partial charge in [-0.2, -0.15) is 0 Å². The molecule has 8 heteroatoms. The van der Waals surface area contributed by atoms with E-state index in [2.05, 4.69) is 9.88 Å². The van der Waals surface area contributed by atoms with Crippen molar-refractivity contribution < 1.29 is 18.0 Å². The van der Waals surface area contributed by atoms with Gasteiger partial charge < -0.3 is 14.8 Å². The van der Waals surface area contributed by atoms with Crippen LogP contribution in [0.1, 0.15) is 46.1 Å². The molecule has 1 atom stereocenters. The number of nitrogens with one attached hydrogen (secondary N) is 1. The Morgan fingerprint density at radius 3 is 2.60 bits per heavy atom. The summed E-state index contributed by atoms with van der Waals surface area (Å²) >= 11 is 1.75. The van der Waals surface area contributed by atoms with E-state index in [9.17, 15) is 18.0 Å². The largest absolute Gasteiger partial charge is 0.323 e. The zero-order valence-electron chi connectivity index (χ0n) is 18.7. The van der Waals surface area contributed by atoms with E-state index < -0.39 is 29.5 Å². The van der Waals surface area contributed by atoms with Gasteiger partial charge in [0.25, 0.3) is 0 Å². The molecule has 4 aromatic rings. The number of thiophene rings is 1. The third-order valence-corrected chi connectivity index (χ3v) is 8.11. The lowest BCUT2D eigenvalue weighted by Crippen LogP contribution is -2.38. The van der Waals surface area contributed by atoms with Crippen LogP contribution >= 0.6 is 11.3 Å². The summed E-state index contributed by atoms with van der Waals surface area (Å²) in [7, 11) is 0. The van der Waals surface area contributed by atoms with Crippen molar-refractivity contribution in [1.82, 2.24) is 9.47 Å². The van der Waals surface area contributed by atoms with E-state index >= 15 is 0 Å². The number of rotatable bonds is 2. The van der Waals surface area contributed by atoms with Crippen LogP contribution in [-0.2, 0) is 19.4 Å². The Kier molecular flexibility index (Phi) is 5.40. The van der Waals surface area contributed by atoms with Crippen molar-refractivity contribution in [3.8, 4) is 5.00 Å². The second-order valence-electron chi connectivity index (χ2n) is 8.94. The highest BCUT2D eigenvalue weighted by Crippen LogP contribution is 2.44. The maximum atomic E-state index is 14.4. The van der Waals surface area contributed by atoms with Crippen LogP contribution < -0.4 is 5.32 Å². The SMILES string of the molecule is O=C(Nc1ccc(F)cc1F)N1Cc2c(sc3c2CCCC3)-n2cccc2C1c1cccc(F)c1. The molecule has 2 aromatic heterocycles. The summed E-state index contributed by atoms with van der Waals surface area (Å²) in [6.45, 7) is 0.290. The van der Waals surface area contributed by atoms with Crippen LogP contribution in [0.3, 0.4) is 0 Å². The Balaban J connectivity index is 1.50. The summed E-state index contributed by atoms with van der Waals surface area (Å²) < 4.78 is 44.3. The number of benzene rings is 2. The van der Waals surface area contributed by atoms with E-state index in [4.69, 9.17) is 0 Å². The van der Waals surface area contributed by atoms with Gasteiger partial charge in [-0.05, 0) is 73.2 Å². The molecular formula is C27H22F3N3OS. The van der Waals surface area contributed by atoms with Crippen LogP contribution in [0, 0.1) is 17.5 Å². The predicted molar refractivity (Wildman–Crippen MR) is 129 cm³/mol. The molecule has 0 radical (unpaired) electrons. The fourth-order valence-corrected chi connectivity index (χ4v) is 6.60. The van der Waals surface area contributed by atoms with Crippen molar-refractivity contribution in [3.05, 3.63) is 106 Å². The Morgan fingerprint density at radius 1 is 0.943 bits per heavy atom. The Labute approximate surface area is 204 Å². The summed E-state index contributed by atoms with van der Waals surface area (Å²) in [5, 5.41) is 3.69. The van der Waals surface area contributed by atoms with Gasteiger partial charge in [0.15, 0.2) is 0 Å². The fraction of sp³-hybridized carbons (Fsp3) is 0.222. The van der Waals surface area contributed by atoms with Gasteiger partial charge in [-0.25, -0.2) is 18.0 Å². The molecule has 1 unspecified atom stereocenters. The van der Waals surface area contributed by atoms with Crippen molar-refractivity contribution in [2.45, 2.75) is 38.3 Å². The topological polar surface area (TPSA) is 37.3 Å². The molecule has 6 rings (SSSR count). The summed E-state index contributed by atoms with van der Waals surface area (Å²) in [5.41, 5.74) is 3.69. The number of anilines is 1. The third kappa shape index (κ3) is 3.82. The molecule has 2 aliphatic rings. The smallest absolute Gasteiger partial charge is 0.310 e. The van der Waals surface area contributed by atoms with Gasteiger partial charge in [0.05, 0.1) is 24.0 Å². The molecule has 2 amide bonds. The lowest BCUT2D eigenvalue weighted by molar-refractivity contribution is 0.194. The molecular weight excluding hydrogens is 471 g/mol.